The van der Waals surface area contributed by atoms with Crippen molar-refractivity contribution < 1.29 is 9.48 Å². The molecule has 3 N–H and O–H groups in total. The first-order chi connectivity index (χ1) is 8.50. The maximum Gasteiger partial charge on any atom is 0.314 e. The number of benzene rings is 1. The first-order valence-electron chi connectivity index (χ1n) is 6.27. The van der Waals surface area contributed by atoms with Crippen LogP contribution in [-0.2, 0) is 4.79 Å². The number of hydrogen-bond acceptors (Lipinski definition) is 2. The summed E-state index contributed by atoms with van der Waals surface area (Å²) >= 11 is 0. The summed E-state index contributed by atoms with van der Waals surface area (Å²) in [6, 6.07) is 4.14. The minimum Gasteiger partial charge on any atom is -0.347 e. The second-order valence-electron chi connectivity index (χ2n) is 4.90. The van der Waals surface area contributed by atoms with Gasteiger partial charge in [0.05, 0.1) is 0 Å². The van der Waals surface area contributed by atoms with E-state index in [1.165, 1.54) is 15.8 Å². The molecule has 1 aliphatic heterocycles. The molecule has 1 aromatic carbocycles. The first kappa shape index (κ1) is 12.6. The highest BCUT2D eigenvalue weighted by atomic mass is 16.2. The highest BCUT2D eigenvalue weighted by Crippen LogP contribution is 2.22. The zero-order valence-electron chi connectivity index (χ0n) is 11.2. The number of aryl methyl sites for hydroxylation is 3. The van der Waals surface area contributed by atoms with Gasteiger partial charge in [0.2, 0.25) is 5.69 Å². The Kier molecular flexibility index (Phi) is 3.36. The van der Waals surface area contributed by atoms with Gasteiger partial charge in [0.1, 0.15) is 0 Å². The molecule has 0 radical (unpaired) electrons. The van der Waals surface area contributed by atoms with Crippen molar-refractivity contribution in [3.8, 4) is 0 Å². The molecule has 1 heterocycles. The van der Waals surface area contributed by atoms with Gasteiger partial charge in [-0.25, -0.2) is 5.84 Å². The van der Waals surface area contributed by atoms with Gasteiger partial charge in [-0.1, -0.05) is 4.68 Å². The van der Waals surface area contributed by atoms with Crippen molar-refractivity contribution in [3.63, 3.8) is 0 Å². The van der Waals surface area contributed by atoms with Crippen molar-refractivity contribution in [2.45, 2.75) is 33.6 Å². The normalized spacial score (nSPS) is 18.5. The van der Waals surface area contributed by atoms with E-state index in [1.807, 2.05) is 13.0 Å². The molecular formula is C14H20N3O+. The molecule has 1 saturated heterocycles. The van der Waals surface area contributed by atoms with Crippen molar-refractivity contribution in [3.05, 3.63) is 28.8 Å². The summed E-state index contributed by atoms with van der Waals surface area (Å²) in [4.78, 5) is 11.8. The van der Waals surface area contributed by atoms with Crippen LogP contribution in [0.4, 0.5) is 5.69 Å². The third-order valence-electron chi connectivity index (χ3n) is 3.50. The fourth-order valence-electron chi connectivity index (χ4n) is 2.25. The number of hydrogen-bond donors (Lipinski definition) is 2. The maximum atomic E-state index is 11.8. The topological polar surface area (TPSA) is 58.1 Å². The molecule has 18 heavy (non-hydrogen) atoms. The number of rotatable bonds is 1. The predicted octanol–water partition coefficient (Wildman–Crippen LogP) is 1.48. The molecule has 96 valence electrons. The van der Waals surface area contributed by atoms with Gasteiger partial charge in [0.25, 0.3) is 5.71 Å². The number of piperidine rings is 1. The summed E-state index contributed by atoms with van der Waals surface area (Å²) in [5.41, 5.74) is 5.06. The van der Waals surface area contributed by atoms with Gasteiger partial charge in [-0.05, 0) is 44.4 Å². The number of hydrazone groups is 1. The molecule has 2 rings (SSSR count). The summed E-state index contributed by atoms with van der Waals surface area (Å²) in [6.07, 6.45) is 1.67. The summed E-state index contributed by atoms with van der Waals surface area (Å²) < 4.78 is 1.54. The second-order valence-corrected chi connectivity index (χ2v) is 4.90. The molecule has 1 amide bonds. The summed E-state index contributed by atoms with van der Waals surface area (Å²) in [6.45, 7) is 6.89. The fraction of sp³-hybridized carbons (Fsp3) is 0.429. The number of nitrogens with one attached hydrogen (secondary N) is 1. The van der Waals surface area contributed by atoms with E-state index in [0.29, 0.717) is 5.71 Å². The summed E-state index contributed by atoms with van der Waals surface area (Å²) in [5.74, 6) is 6.06. The molecule has 1 fully saturated rings. The number of carbonyl (C=O) groups excluding carboxylic acids is 1. The van der Waals surface area contributed by atoms with E-state index in [9.17, 15) is 4.79 Å². The van der Waals surface area contributed by atoms with Crippen LogP contribution in [0.15, 0.2) is 12.1 Å². The molecule has 0 aromatic heterocycles. The number of hydrazine groups is 1. The minimum absolute atomic E-state index is 0.0543. The molecule has 0 spiro atoms. The van der Waals surface area contributed by atoms with E-state index in [0.717, 1.165) is 30.6 Å². The van der Waals surface area contributed by atoms with Crippen LogP contribution in [0.25, 0.3) is 0 Å². The Morgan fingerprint density at radius 3 is 2.50 bits per heavy atom. The number of nitrogens with zero attached hydrogens (tertiary/aromatic N) is 1. The zero-order chi connectivity index (χ0) is 13.3. The Labute approximate surface area is 107 Å². The van der Waals surface area contributed by atoms with Gasteiger partial charge in [0.15, 0.2) is 0 Å². The van der Waals surface area contributed by atoms with Gasteiger partial charge < -0.3 is 5.32 Å². The van der Waals surface area contributed by atoms with Gasteiger partial charge in [-0.3, -0.25) is 4.79 Å². The Morgan fingerprint density at radius 1 is 1.17 bits per heavy atom. The third kappa shape index (κ3) is 2.23. The smallest absolute Gasteiger partial charge is 0.314 e. The molecule has 0 aliphatic carbocycles. The standard InChI is InChI=1S/C14H19N3O/c1-9-7-11(3)13(8-10(9)2)17(15)12-5-4-6-16-14(12)18/h7-8H,4-6H2,1-3H3,(H2-,15,16,18)/p+1. The van der Waals surface area contributed by atoms with E-state index < -0.39 is 0 Å². The minimum atomic E-state index is -0.0543. The number of carbonyl (C=O) groups is 1. The van der Waals surface area contributed by atoms with Crippen LogP contribution in [0.3, 0.4) is 0 Å². The van der Waals surface area contributed by atoms with Crippen LogP contribution in [-0.4, -0.2) is 22.8 Å². The van der Waals surface area contributed by atoms with Crippen molar-refractivity contribution in [2.24, 2.45) is 5.84 Å². The largest absolute Gasteiger partial charge is 0.347 e. The van der Waals surface area contributed by atoms with Crippen LogP contribution >= 0.6 is 0 Å². The SMILES string of the molecule is Cc1cc(C)c([N+](N)=C2CCCNC2=O)cc1C. The molecule has 0 saturated carbocycles. The second kappa shape index (κ2) is 4.80. The van der Waals surface area contributed by atoms with E-state index in [4.69, 9.17) is 5.84 Å². The van der Waals surface area contributed by atoms with Crippen LogP contribution in [0.2, 0.25) is 0 Å². The van der Waals surface area contributed by atoms with Gasteiger partial charge in [-0.15, -0.1) is 0 Å². The monoisotopic (exact) mass is 246 g/mol. The summed E-state index contributed by atoms with van der Waals surface area (Å²) in [5, 5.41) is 2.83. The lowest BCUT2D eigenvalue weighted by molar-refractivity contribution is -0.453. The molecule has 4 nitrogen and oxygen atoms in total. The summed E-state index contributed by atoms with van der Waals surface area (Å²) in [7, 11) is 0. The fourth-order valence-corrected chi connectivity index (χ4v) is 2.25. The molecular weight excluding hydrogens is 226 g/mol. The molecule has 4 heteroatoms. The first-order valence-corrected chi connectivity index (χ1v) is 6.27. The Morgan fingerprint density at radius 2 is 1.83 bits per heavy atom. The van der Waals surface area contributed by atoms with Crippen LogP contribution in [0.1, 0.15) is 29.5 Å². The predicted molar refractivity (Wildman–Crippen MR) is 72.0 cm³/mol. The zero-order valence-corrected chi connectivity index (χ0v) is 11.2. The maximum absolute atomic E-state index is 11.8. The highest BCUT2D eigenvalue weighted by molar-refractivity contribution is 6.37. The average Bonchev–Trinajstić information content (AvgIpc) is 2.33. The molecule has 0 unspecified atom stereocenters. The van der Waals surface area contributed by atoms with Crippen LogP contribution in [0, 0.1) is 20.8 Å². The average molecular weight is 246 g/mol. The van der Waals surface area contributed by atoms with Gasteiger partial charge in [-0.2, -0.15) is 0 Å². The van der Waals surface area contributed by atoms with Gasteiger partial charge >= 0.3 is 5.91 Å². The molecule has 0 bridgehead atoms. The quantitative estimate of drug-likeness (QED) is 0.448. The number of nitrogens with two attached hydrogens (primary N) is 1. The molecule has 1 aromatic rings. The number of amides is 1. The van der Waals surface area contributed by atoms with E-state index >= 15 is 0 Å². The molecule has 1 aliphatic rings. The van der Waals surface area contributed by atoms with Crippen molar-refractivity contribution in [1.29, 1.82) is 0 Å². The highest BCUT2D eigenvalue weighted by Gasteiger charge is 2.27. The Hall–Kier alpha value is -1.84. The van der Waals surface area contributed by atoms with Gasteiger partial charge in [0, 0.05) is 24.6 Å². The van der Waals surface area contributed by atoms with Crippen molar-refractivity contribution in [1.82, 2.24) is 5.32 Å². The van der Waals surface area contributed by atoms with Crippen molar-refractivity contribution >= 4 is 17.3 Å². The Bertz CT molecular complexity index is 532. The third-order valence-corrected chi connectivity index (χ3v) is 3.50. The molecule has 0 atom stereocenters. The lowest BCUT2D eigenvalue weighted by atomic mass is 10.0. The van der Waals surface area contributed by atoms with Crippen molar-refractivity contribution in [2.75, 3.05) is 6.54 Å². The van der Waals surface area contributed by atoms with Crippen LogP contribution < -0.4 is 11.2 Å². The lowest BCUT2D eigenvalue weighted by Gasteiger charge is -2.12. The van der Waals surface area contributed by atoms with E-state index in [1.54, 1.807) is 0 Å². The van der Waals surface area contributed by atoms with Crippen LogP contribution in [0.5, 0.6) is 0 Å². The Balaban J connectivity index is 2.50. The van der Waals surface area contributed by atoms with E-state index in [-0.39, 0.29) is 5.91 Å². The van der Waals surface area contributed by atoms with E-state index in [2.05, 4.69) is 25.2 Å². The lowest BCUT2D eigenvalue weighted by Crippen LogP contribution is -2.42.